The number of benzene rings is 1. The standard InChI is InChI=1S/C20H30N2O4.ClH/c1-24-16-7-12(8-17(25-2)20(16)26-3)9-18(23)22-19-13-5-4-6-14(19)11-15(21)10-13;/h7-8,13-15,19H,4-6,9-11,21H2,1-3H3,(H,22,23);1H. The summed E-state index contributed by atoms with van der Waals surface area (Å²) in [6, 6.07) is 4.21. The Morgan fingerprint density at radius 2 is 1.63 bits per heavy atom. The maximum atomic E-state index is 12.7. The van der Waals surface area contributed by atoms with Crippen LogP contribution in [0.2, 0.25) is 0 Å². The predicted octanol–water partition coefficient (Wildman–Crippen LogP) is 2.70. The quantitative estimate of drug-likeness (QED) is 0.769. The van der Waals surface area contributed by atoms with Gasteiger partial charge in [0.15, 0.2) is 11.5 Å². The number of nitrogens with two attached hydrogens (primary N) is 1. The molecule has 0 heterocycles. The van der Waals surface area contributed by atoms with Gasteiger partial charge in [0.1, 0.15) is 0 Å². The summed E-state index contributed by atoms with van der Waals surface area (Å²) in [4.78, 5) is 12.7. The van der Waals surface area contributed by atoms with Gasteiger partial charge in [-0.25, -0.2) is 0 Å². The summed E-state index contributed by atoms with van der Waals surface area (Å²) in [5, 5.41) is 3.29. The Kier molecular flexibility index (Phi) is 7.62. The summed E-state index contributed by atoms with van der Waals surface area (Å²) in [7, 11) is 4.72. The number of amides is 1. The number of methoxy groups -OCH3 is 3. The van der Waals surface area contributed by atoms with E-state index in [1.807, 2.05) is 12.1 Å². The van der Waals surface area contributed by atoms with Gasteiger partial charge >= 0.3 is 0 Å². The van der Waals surface area contributed by atoms with E-state index in [0.29, 0.717) is 35.5 Å². The van der Waals surface area contributed by atoms with Crippen molar-refractivity contribution in [3.05, 3.63) is 17.7 Å². The molecular formula is C20H31ClN2O4. The summed E-state index contributed by atoms with van der Waals surface area (Å²) in [6.07, 6.45) is 5.91. The molecule has 2 fully saturated rings. The van der Waals surface area contributed by atoms with Gasteiger partial charge in [0.2, 0.25) is 11.7 Å². The number of nitrogens with one attached hydrogen (secondary N) is 1. The molecule has 1 aromatic rings. The molecule has 2 saturated carbocycles. The van der Waals surface area contributed by atoms with Gasteiger partial charge in [-0.2, -0.15) is 0 Å². The van der Waals surface area contributed by atoms with Crippen molar-refractivity contribution in [3.63, 3.8) is 0 Å². The third kappa shape index (κ3) is 4.79. The Balaban J connectivity index is 0.00000261. The van der Waals surface area contributed by atoms with Crippen LogP contribution in [0.4, 0.5) is 0 Å². The molecule has 1 aromatic carbocycles. The predicted molar refractivity (Wildman–Crippen MR) is 107 cm³/mol. The van der Waals surface area contributed by atoms with Gasteiger partial charge in [-0.1, -0.05) is 6.42 Å². The second-order valence-corrected chi connectivity index (χ2v) is 7.49. The van der Waals surface area contributed by atoms with Crippen LogP contribution in [0.25, 0.3) is 0 Å². The Hall–Kier alpha value is -1.66. The number of hydrogen-bond donors (Lipinski definition) is 2. The molecule has 6 nitrogen and oxygen atoms in total. The first-order valence-corrected chi connectivity index (χ1v) is 9.39. The SMILES string of the molecule is COc1cc(CC(=O)NC2C3CCCC2CC(N)C3)cc(OC)c1OC.Cl. The van der Waals surface area contributed by atoms with Gasteiger partial charge in [-0.3, -0.25) is 4.79 Å². The van der Waals surface area contributed by atoms with Crippen molar-refractivity contribution in [3.8, 4) is 17.2 Å². The summed E-state index contributed by atoms with van der Waals surface area (Å²) in [6.45, 7) is 0. The molecule has 0 radical (unpaired) electrons. The average molecular weight is 399 g/mol. The van der Waals surface area contributed by atoms with Crippen molar-refractivity contribution >= 4 is 18.3 Å². The molecule has 3 N–H and O–H groups in total. The molecule has 2 atom stereocenters. The summed E-state index contributed by atoms with van der Waals surface area (Å²) in [5.41, 5.74) is 7.02. The smallest absolute Gasteiger partial charge is 0.224 e. The maximum absolute atomic E-state index is 12.7. The number of hydrogen-bond acceptors (Lipinski definition) is 5. The molecule has 27 heavy (non-hydrogen) atoms. The first-order valence-electron chi connectivity index (χ1n) is 9.39. The van der Waals surface area contributed by atoms with Crippen LogP contribution in [-0.2, 0) is 11.2 Å². The number of halogens is 1. The third-order valence-electron chi connectivity index (χ3n) is 5.79. The fourth-order valence-corrected chi connectivity index (χ4v) is 4.68. The van der Waals surface area contributed by atoms with Crippen LogP contribution in [0.1, 0.15) is 37.7 Å². The average Bonchev–Trinajstić information content (AvgIpc) is 2.61. The minimum Gasteiger partial charge on any atom is -0.493 e. The van der Waals surface area contributed by atoms with Crippen molar-refractivity contribution in [1.82, 2.24) is 5.32 Å². The van der Waals surface area contributed by atoms with Gasteiger partial charge in [0.25, 0.3) is 0 Å². The number of carbonyl (C=O) groups excluding carboxylic acids is 1. The van der Waals surface area contributed by atoms with E-state index in [1.54, 1.807) is 21.3 Å². The Labute approximate surface area is 167 Å². The topological polar surface area (TPSA) is 82.8 Å². The third-order valence-corrected chi connectivity index (χ3v) is 5.79. The number of fused-ring (bicyclic) bond motifs is 2. The first kappa shape index (κ1) is 21.6. The van der Waals surface area contributed by atoms with Gasteiger partial charge in [-0.05, 0) is 55.2 Å². The van der Waals surface area contributed by atoms with E-state index in [0.717, 1.165) is 18.4 Å². The molecular weight excluding hydrogens is 368 g/mol. The minimum atomic E-state index is 0. The van der Waals surface area contributed by atoms with E-state index in [2.05, 4.69) is 5.32 Å². The normalized spacial score (nSPS) is 26.5. The largest absolute Gasteiger partial charge is 0.493 e. The monoisotopic (exact) mass is 398 g/mol. The molecule has 0 spiro atoms. The fraction of sp³-hybridized carbons (Fsp3) is 0.650. The van der Waals surface area contributed by atoms with Crippen molar-refractivity contribution in [2.75, 3.05) is 21.3 Å². The fourth-order valence-electron chi connectivity index (χ4n) is 4.68. The van der Waals surface area contributed by atoms with E-state index in [9.17, 15) is 4.79 Å². The highest BCUT2D eigenvalue weighted by molar-refractivity contribution is 5.85. The van der Waals surface area contributed by atoms with Gasteiger partial charge in [0.05, 0.1) is 27.8 Å². The second-order valence-electron chi connectivity index (χ2n) is 7.49. The van der Waals surface area contributed by atoms with Crippen LogP contribution in [0.5, 0.6) is 17.2 Å². The zero-order valence-corrected chi connectivity index (χ0v) is 17.1. The van der Waals surface area contributed by atoms with Crippen molar-refractivity contribution in [1.29, 1.82) is 0 Å². The summed E-state index contributed by atoms with van der Waals surface area (Å²) >= 11 is 0. The number of rotatable bonds is 6. The zero-order valence-electron chi connectivity index (χ0n) is 16.3. The Bertz CT molecular complexity index is 616. The van der Waals surface area contributed by atoms with E-state index >= 15 is 0 Å². The lowest BCUT2D eigenvalue weighted by molar-refractivity contribution is -0.122. The molecule has 2 aliphatic rings. The maximum Gasteiger partial charge on any atom is 0.224 e. The van der Waals surface area contributed by atoms with E-state index in [-0.39, 0.29) is 30.4 Å². The van der Waals surface area contributed by atoms with Gasteiger partial charge < -0.3 is 25.3 Å². The lowest BCUT2D eigenvalue weighted by Gasteiger charge is -2.45. The zero-order chi connectivity index (χ0) is 18.7. The summed E-state index contributed by atoms with van der Waals surface area (Å²) < 4.78 is 16.1. The summed E-state index contributed by atoms with van der Waals surface area (Å²) in [5.74, 6) is 2.74. The number of ether oxygens (including phenoxy) is 3. The van der Waals surface area contributed by atoms with Crippen molar-refractivity contribution < 1.29 is 19.0 Å². The lowest BCUT2D eigenvalue weighted by atomic mass is 9.67. The lowest BCUT2D eigenvalue weighted by Crippen LogP contribution is -2.54. The van der Waals surface area contributed by atoms with Crippen LogP contribution in [0, 0.1) is 11.8 Å². The van der Waals surface area contributed by atoms with Gasteiger partial charge in [-0.15, -0.1) is 12.4 Å². The molecule has 7 heteroatoms. The molecule has 2 bridgehead atoms. The van der Waals surface area contributed by atoms with Crippen LogP contribution in [0.15, 0.2) is 12.1 Å². The van der Waals surface area contributed by atoms with E-state index in [1.165, 1.54) is 19.3 Å². The Morgan fingerprint density at radius 3 is 2.11 bits per heavy atom. The molecule has 2 unspecified atom stereocenters. The minimum absolute atomic E-state index is 0. The van der Waals surface area contributed by atoms with Crippen LogP contribution < -0.4 is 25.3 Å². The van der Waals surface area contributed by atoms with E-state index < -0.39 is 0 Å². The van der Waals surface area contributed by atoms with Crippen LogP contribution >= 0.6 is 12.4 Å². The molecule has 0 aliphatic heterocycles. The highest BCUT2D eigenvalue weighted by Crippen LogP contribution is 2.40. The Morgan fingerprint density at radius 1 is 1.07 bits per heavy atom. The highest BCUT2D eigenvalue weighted by Gasteiger charge is 2.39. The molecule has 3 rings (SSSR count). The molecule has 0 saturated heterocycles. The van der Waals surface area contributed by atoms with E-state index in [4.69, 9.17) is 19.9 Å². The van der Waals surface area contributed by atoms with Crippen molar-refractivity contribution in [2.24, 2.45) is 17.6 Å². The van der Waals surface area contributed by atoms with Gasteiger partial charge in [0, 0.05) is 12.1 Å². The molecule has 0 aromatic heterocycles. The second kappa shape index (κ2) is 9.51. The molecule has 152 valence electrons. The molecule has 1 amide bonds. The highest BCUT2D eigenvalue weighted by atomic mass is 35.5. The first-order chi connectivity index (χ1) is 12.5. The van der Waals surface area contributed by atoms with Crippen LogP contribution in [-0.4, -0.2) is 39.3 Å². The molecule has 2 aliphatic carbocycles. The van der Waals surface area contributed by atoms with Crippen LogP contribution in [0.3, 0.4) is 0 Å². The van der Waals surface area contributed by atoms with Crippen molar-refractivity contribution in [2.45, 2.75) is 50.6 Å². The number of carbonyl (C=O) groups is 1.